The Morgan fingerprint density at radius 1 is 0.789 bits per heavy atom. The van der Waals surface area contributed by atoms with E-state index in [1.165, 1.54) is 5.69 Å². The Hall–Kier alpha value is -2.30. The third kappa shape index (κ3) is 3.34. The van der Waals surface area contributed by atoms with Gasteiger partial charge in [-0.25, -0.2) is 9.97 Å². The molecule has 0 unspecified atom stereocenters. The lowest BCUT2D eigenvalue weighted by atomic mass is 10.2. The first kappa shape index (κ1) is 13.1. The van der Waals surface area contributed by atoms with Crippen LogP contribution in [0.4, 0.5) is 23.0 Å². The van der Waals surface area contributed by atoms with Crippen LogP contribution in [0.1, 0.15) is 0 Å². The minimum Gasteiger partial charge on any atom is -0.378 e. The van der Waals surface area contributed by atoms with Crippen LogP contribution in [0.15, 0.2) is 36.7 Å². The molecule has 0 saturated carbocycles. The Morgan fingerprint density at radius 2 is 1.37 bits per heavy atom. The quantitative estimate of drug-likeness (QED) is 0.911. The van der Waals surface area contributed by atoms with Gasteiger partial charge in [-0.2, -0.15) is 0 Å². The van der Waals surface area contributed by atoms with Crippen molar-refractivity contribution in [3.63, 3.8) is 0 Å². The smallest absolute Gasteiger partial charge is 0.224 e. The predicted molar refractivity (Wildman–Crippen MR) is 80.4 cm³/mol. The molecule has 1 aromatic carbocycles. The summed E-state index contributed by atoms with van der Waals surface area (Å²) in [7, 11) is 7.89. The van der Waals surface area contributed by atoms with Gasteiger partial charge in [0.15, 0.2) is 0 Å². The van der Waals surface area contributed by atoms with Crippen molar-refractivity contribution >= 4 is 23.0 Å². The molecule has 1 aromatic heterocycles. The van der Waals surface area contributed by atoms with Crippen LogP contribution in [0.25, 0.3) is 0 Å². The van der Waals surface area contributed by atoms with Crippen molar-refractivity contribution in [2.24, 2.45) is 0 Å². The molecule has 5 heteroatoms. The number of rotatable bonds is 4. The van der Waals surface area contributed by atoms with Gasteiger partial charge in [-0.3, -0.25) is 0 Å². The SMILES string of the molecule is CN(C)c1ccc(Nc2cnc(N(C)C)nc2)cc1. The summed E-state index contributed by atoms with van der Waals surface area (Å²) in [4.78, 5) is 12.5. The van der Waals surface area contributed by atoms with Crippen molar-refractivity contribution in [3.8, 4) is 0 Å². The normalized spacial score (nSPS) is 10.1. The average Bonchev–Trinajstić information content (AvgIpc) is 2.40. The lowest BCUT2D eigenvalue weighted by Gasteiger charge is -2.14. The maximum atomic E-state index is 4.26. The molecule has 19 heavy (non-hydrogen) atoms. The number of hydrogen-bond donors (Lipinski definition) is 1. The predicted octanol–water partition coefficient (Wildman–Crippen LogP) is 2.35. The average molecular weight is 257 g/mol. The van der Waals surface area contributed by atoms with Crippen molar-refractivity contribution in [2.75, 3.05) is 43.3 Å². The molecule has 0 aliphatic rings. The Kier molecular flexibility index (Phi) is 3.85. The lowest BCUT2D eigenvalue weighted by molar-refractivity contribution is 1.000. The van der Waals surface area contributed by atoms with Crippen LogP contribution >= 0.6 is 0 Å². The first-order valence-corrected chi connectivity index (χ1v) is 6.10. The van der Waals surface area contributed by atoms with Gasteiger partial charge in [-0.15, -0.1) is 0 Å². The fraction of sp³-hybridized carbons (Fsp3) is 0.286. The van der Waals surface area contributed by atoms with Crippen LogP contribution in [0.5, 0.6) is 0 Å². The zero-order chi connectivity index (χ0) is 13.8. The maximum absolute atomic E-state index is 4.26. The molecule has 2 rings (SSSR count). The topological polar surface area (TPSA) is 44.3 Å². The van der Waals surface area contributed by atoms with Gasteiger partial charge in [0.05, 0.1) is 18.1 Å². The molecular formula is C14H19N5. The van der Waals surface area contributed by atoms with Crippen LogP contribution < -0.4 is 15.1 Å². The van der Waals surface area contributed by atoms with E-state index in [0.717, 1.165) is 11.4 Å². The van der Waals surface area contributed by atoms with Crippen molar-refractivity contribution in [2.45, 2.75) is 0 Å². The highest BCUT2D eigenvalue weighted by Gasteiger charge is 2.00. The molecule has 0 amide bonds. The van der Waals surface area contributed by atoms with E-state index in [2.05, 4.69) is 32.3 Å². The molecular weight excluding hydrogens is 238 g/mol. The van der Waals surface area contributed by atoms with Gasteiger partial charge in [0.1, 0.15) is 0 Å². The molecule has 0 aliphatic carbocycles. The lowest BCUT2D eigenvalue weighted by Crippen LogP contribution is -2.12. The third-order valence-corrected chi connectivity index (χ3v) is 2.71. The zero-order valence-electron chi connectivity index (χ0n) is 11.8. The first-order valence-electron chi connectivity index (χ1n) is 6.10. The molecule has 0 bridgehead atoms. The molecule has 0 radical (unpaired) electrons. The van der Waals surface area contributed by atoms with E-state index in [4.69, 9.17) is 0 Å². The van der Waals surface area contributed by atoms with Crippen LogP contribution in [0.2, 0.25) is 0 Å². The second-order valence-electron chi connectivity index (χ2n) is 4.73. The maximum Gasteiger partial charge on any atom is 0.224 e. The number of anilines is 4. The summed E-state index contributed by atoms with van der Waals surface area (Å²) in [6.07, 6.45) is 3.56. The van der Waals surface area contributed by atoms with Gasteiger partial charge in [0.25, 0.3) is 0 Å². The van der Waals surface area contributed by atoms with E-state index in [0.29, 0.717) is 5.95 Å². The van der Waals surface area contributed by atoms with Crippen molar-refractivity contribution in [1.29, 1.82) is 0 Å². The monoisotopic (exact) mass is 257 g/mol. The Morgan fingerprint density at radius 3 is 1.84 bits per heavy atom. The summed E-state index contributed by atoms with van der Waals surface area (Å²) >= 11 is 0. The summed E-state index contributed by atoms with van der Waals surface area (Å²) < 4.78 is 0. The number of benzene rings is 1. The largest absolute Gasteiger partial charge is 0.378 e. The van der Waals surface area contributed by atoms with E-state index in [9.17, 15) is 0 Å². The first-order chi connectivity index (χ1) is 9.06. The van der Waals surface area contributed by atoms with Crippen molar-refractivity contribution < 1.29 is 0 Å². The second-order valence-corrected chi connectivity index (χ2v) is 4.73. The Bertz CT molecular complexity index is 467. The van der Waals surface area contributed by atoms with E-state index < -0.39 is 0 Å². The summed E-state index contributed by atoms with van der Waals surface area (Å²) in [5.74, 6) is 0.702. The van der Waals surface area contributed by atoms with E-state index in [1.54, 1.807) is 12.4 Å². The standard InChI is InChI=1S/C14H19N5/c1-18(2)13-7-5-11(6-8-13)17-12-9-15-14(16-10-12)19(3)4/h5-10,17H,1-4H3. The highest BCUT2D eigenvalue weighted by Crippen LogP contribution is 2.19. The van der Waals surface area contributed by atoms with Crippen LogP contribution in [-0.2, 0) is 0 Å². The molecule has 0 aliphatic heterocycles. The van der Waals surface area contributed by atoms with Crippen LogP contribution in [0.3, 0.4) is 0 Å². The third-order valence-electron chi connectivity index (χ3n) is 2.71. The van der Waals surface area contributed by atoms with Gasteiger partial charge < -0.3 is 15.1 Å². The second kappa shape index (κ2) is 5.56. The van der Waals surface area contributed by atoms with Gasteiger partial charge in [-0.05, 0) is 24.3 Å². The molecule has 0 atom stereocenters. The van der Waals surface area contributed by atoms with E-state index in [1.807, 2.05) is 45.2 Å². The fourth-order valence-electron chi connectivity index (χ4n) is 1.63. The summed E-state index contributed by atoms with van der Waals surface area (Å²) in [6.45, 7) is 0. The Labute approximate surface area is 113 Å². The summed E-state index contributed by atoms with van der Waals surface area (Å²) in [5, 5.41) is 3.27. The fourth-order valence-corrected chi connectivity index (χ4v) is 1.63. The molecule has 5 nitrogen and oxygen atoms in total. The minimum absolute atomic E-state index is 0.702. The van der Waals surface area contributed by atoms with Gasteiger partial charge in [0.2, 0.25) is 5.95 Å². The minimum atomic E-state index is 0.702. The number of nitrogens with one attached hydrogen (secondary N) is 1. The van der Waals surface area contributed by atoms with Crippen LogP contribution in [0, 0.1) is 0 Å². The van der Waals surface area contributed by atoms with E-state index >= 15 is 0 Å². The molecule has 2 aromatic rings. The molecule has 100 valence electrons. The van der Waals surface area contributed by atoms with Gasteiger partial charge in [0, 0.05) is 39.6 Å². The van der Waals surface area contributed by atoms with Gasteiger partial charge in [-0.1, -0.05) is 0 Å². The van der Waals surface area contributed by atoms with E-state index in [-0.39, 0.29) is 0 Å². The van der Waals surface area contributed by atoms with Gasteiger partial charge >= 0.3 is 0 Å². The molecule has 0 fully saturated rings. The highest BCUT2D eigenvalue weighted by molar-refractivity contribution is 5.61. The molecule has 1 N–H and O–H groups in total. The molecule has 0 saturated heterocycles. The van der Waals surface area contributed by atoms with Crippen LogP contribution in [-0.4, -0.2) is 38.2 Å². The molecule has 0 spiro atoms. The number of aromatic nitrogens is 2. The zero-order valence-corrected chi connectivity index (χ0v) is 11.8. The summed E-state index contributed by atoms with van der Waals surface area (Å²) in [5.41, 5.74) is 3.07. The highest BCUT2D eigenvalue weighted by atomic mass is 15.2. The Balaban J connectivity index is 2.08. The number of nitrogens with zero attached hydrogens (tertiary/aromatic N) is 4. The molecule has 1 heterocycles. The number of hydrogen-bond acceptors (Lipinski definition) is 5. The summed E-state index contributed by atoms with van der Waals surface area (Å²) in [6, 6.07) is 8.21. The van der Waals surface area contributed by atoms with Crippen molar-refractivity contribution in [3.05, 3.63) is 36.7 Å². The van der Waals surface area contributed by atoms with Crippen molar-refractivity contribution in [1.82, 2.24) is 9.97 Å².